The largest absolute Gasteiger partial charge is 0.388 e. The number of hydrogen-bond donors (Lipinski definition) is 1. The summed E-state index contributed by atoms with van der Waals surface area (Å²) in [5.74, 6) is 0.303. The second kappa shape index (κ2) is 4.79. The van der Waals surface area contributed by atoms with Gasteiger partial charge in [0.15, 0.2) is 0 Å². The number of alkyl halides is 1. The molecule has 0 aromatic heterocycles. The fourth-order valence-corrected chi connectivity index (χ4v) is 1.59. The maximum Gasteiger partial charge on any atom is 0.223 e. The first-order valence-corrected chi connectivity index (χ1v) is 4.77. The molecule has 4 nitrogen and oxygen atoms in total. The molecule has 5 heteroatoms. The molecule has 2 atom stereocenters. The molecule has 1 fully saturated rings. The minimum atomic E-state index is -0.565. The van der Waals surface area contributed by atoms with Crippen LogP contribution in [0.2, 0.25) is 0 Å². The van der Waals surface area contributed by atoms with Gasteiger partial charge in [0, 0.05) is 32.5 Å². The van der Waals surface area contributed by atoms with Gasteiger partial charge >= 0.3 is 0 Å². The van der Waals surface area contributed by atoms with E-state index in [1.165, 1.54) is 7.11 Å². The number of aliphatic hydroxyl groups is 1. The minimum Gasteiger partial charge on any atom is -0.388 e. The number of likely N-dealkylation sites (tertiary alicyclic amines) is 1. The Hall–Kier alpha value is -0.320. The standard InChI is InChI=1S/C8H14ClNO3/c1-13-7-5-10(4-6(7)11)8(12)2-3-9/h6-7,11H,2-5H2,1H3/t6-,7+/m1/s1. The monoisotopic (exact) mass is 207 g/mol. The summed E-state index contributed by atoms with van der Waals surface area (Å²) in [5.41, 5.74) is 0. The highest BCUT2D eigenvalue weighted by Crippen LogP contribution is 2.13. The van der Waals surface area contributed by atoms with Crippen LogP contribution < -0.4 is 0 Å². The number of nitrogens with zero attached hydrogens (tertiary/aromatic N) is 1. The Morgan fingerprint density at radius 1 is 1.69 bits per heavy atom. The number of methoxy groups -OCH3 is 1. The number of hydrogen-bond acceptors (Lipinski definition) is 3. The number of β-amino-alcohol motifs (C(OH)–C–C–N with tert-alkyl or cyclic N) is 1. The smallest absolute Gasteiger partial charge is 0.223 e. The van der Waals surface area contributed by atoms with Gasteiger partial charge in [-0.2, -0.15) is 0 Å². The van der Waals surface area contributed by atoms with Crippen molar-refractivity contribution in [2.24, 2.45) is 0 Å². The van der Waals surface area contributed by atoms with E-state index in [2.05, 4.69) is 0 Å². The van der Waals surface area contributed by atoms with E-state index in [9.17, 15) is 9.90 Å². The molecule has 0 spiro atoms. The molecule has 0 aliphatic carbocycles. The Morgan fingerprint density at radius 2 is 2.38 bits per heavy atom. The lowest BCUT2D eigenvalue weighted by Gasteiger charge is -2.14. The van der Waals surface area contributed by atoms with Crippen LogP contribution in [0.25, 0.3) is 0 Å². The maximum atomic E-state index is 11.3. The predicted molar refractivity (Wildman–Crippen MR) is 48.7 cm³/mol. The van der Waals surface area contributed by atoms with Gasteiger partial charge in [-0.25, -0.2) is 0 Å². The Balaban J connectivity index is 2.43. The summed E-state index contributed by atoms with van der Waals surface area (Å²) in [5, 5.41) is 9.42. The lowest BCUT2D eigenvalue weighted by atomic mass is 10.3. The summed E-state index contributed by atoms with van der Waals surface area (Å²) >= 11 is 5.44. The van der Waals surface area contributed by atoms with Gasteiger partial charge in [0.2, 0.25) is 5.91 Å². The van der Waals surface area contributed by atoms with E-state index in [0.29, 0.717) is 25.4 Å². The van der Waals surface area contributed by atoms with Crippen LogP contribution in [-0.2, 0) is 9.53 Å². The van der Waals surface area contributed by atoms with Gasteiger partial charge in [0.25, 0.3) is 0 Å². The third-order valence-electron chi connectivity index (χ3n) is 2.20. The van der Waals surface area contributed by atoms with E-state index in [4.69, 9.17) is 16.3 Å². The first-order chi connectivity index (χ1) is 6.19. The lowest BCUT2D eigenvalue weighted by molar-refractivity contribution is -0.130. The molecule has 0 aromatic carbocycles. The topological polar surface area (TPSA) is 49.8 Å². The average molecular weight is 208 g/mol. The van der Waals surface area contributed by atoms with Crippen molar-refractivity contribution in [3.05, 3.63) is 0 Å². The van der Waals surface area contributed by atoms with E-state index in [0.717, 1.165) is 0 Å². The Labute approximate surface area is 82.4 Å². The molecule has 1 aliphatic rings. The summed E-state index contributed by atoms with van der Waals surface area (Å²) in [6.45, 7) is 0.821. The summed E-state index contributed by atoms with van der Waals surface area (Å²) in [7, 11) is 1.53. The molecule has 1 amide bonds. The molecule has 76 valence electrons. The zero-order valence-electron chi connectivity index (χ0n) is 7.57. The van der Waals surface area contributed by atoms with Crippen LogP contribution >= 0.6 is 11.6 Å². The van der Waals surface area contributed by atoms with Crippen molar-refractivity contribution >= 4 is 17.5 Å². The fourth-order valence-electron chi connectivity index (χ4n) is 1.43. The third-order valence-corrected chi connectivity index (χ3v) is 2.39. The third kappa shape index (κ3) is 2.56. The van der Waals surface area contributed by atoms with Crippen LogP contribution in [0.4, 0.5) is 0 Å². The number of amides is 1. The highest BCUT2D eigenvalue weighted by atomic mass is 35.5. The molecule has 0 aromatic rings. The van der Waals surface area contributed by atoms with Crippen molar-refractivity contribution < 1.29 is 14.6 Å². The molecule has 1 N–H and O–H groups in total. The summed E-state index contributed by atoms with van der Waals surface area (Å²) in [6, 6.07) is 0. The van der Waals surface area contributed by atoms with Crippen LogP contribution in [0, 0.1) is 0 Å². The van der Waals surface area contributed by atoms with Crippen LogP contribution in [0.3, 0.4) is 0 Å². The Bertz CT molecular complexity index is 188. The second-order valence-corrected chi connectivity index (χ2v) is 3.46. The molecule has 13 heavy (non-hydrogen) atoms. The number of carbonyl (C=O) groups is 1. The van der Waals surface area contributed by atoms with E-state index < -0.39 is 6.10 Å². The van der Waals surface area contributed by atoms with E-state index in [-0.39, 0.29) is 12.0 Å². The molecule has 1 saturated heterocycles. The van der Waals surface area contributed by atoms with Gasteiger partial charge in [-0.15, -0.1) is 11.6 Å². The molecule has 1 rings (SSSR count). The quantitative estimate of drug-likeness (QED) is 0.654. The van der Waals surface area contributed by atoms with Crippen molar-refractivity contribution in [1.82, 2.24) is 4.90 Å². The molecule has 0 saturated carbocycles. The van der Waals surface area contributed by atoms with Crippen molar-refractivity contribution in [2.45, 2.75) is 18.6 Å². The van der Waals surface area contributed by atoms with Crippen LogP contribution in [-0.4, -0.2) is 54.2 Å². The highest BCUT2D eigenvalue weighted by molar-refractivity contribution is 6.18. The van der Waals surface area contributed by atoms with E-state index in [1.807, 2.05) is 0 Å². The van der Waals surface area contributed by atoms with Crippen molar-refractivity contribution in [3.8, 4) is 0 Å². The van der Waals surface area contributed by atoms with Gasteiger partial charge in [-0.1, -0.05) is 0 Å². The summed E-state index contributed by atoms with van der Waals surface area (Å²) in [4.78, 5) is 12.9. The number of rotatable bonds is 3. The summed E-state index contributed by atoms with van der Waals surface area (Å²) in [6.07, 6.45) is -0.492. The van der Waals surface area contributed by atoms with Crippen LogP contribution in [0.15, 0.2) is 0 Å². The fraction of sp³-hybridized carbons (Fsp3) is 0.875. The van der Waals surface area contributed by atoms with Gasteiger partial charge in [-0.3, -0.25) is 4.79 Å². The minimum absolute atomic E-state index is 0.0198. The SMILES string of the molecule is CO[C@H]1CN(C(=O)CCCl)C[C@H]1O. The first kappa shape index (κ1) is 10.8. The molecule has 0 bridgehead atoms. The number of halogens is 1. The molecular weight excluding hydrogens is 194 g/mol. The lowest BCUT2D eigenvalue weighted by Crippen LogP contribution is -2.29. The average Bonchev–Trinajstić information content (AvgIpc) is 2.47. The molecular formula is C8H14ClNO3. The van der Waals surface area contributed by atoms with Crippen LogP contribution in [0.1, 0.15) is 6.42 Å². The predicted octanol–water partition coefficient (Wildman–Crippen LogP) is -0.167. The van der Waals surface area contributed by atoms with Crippen molar-refractivity contribution in [1.29, 1.82) is 0 Å². The van der Waals surface area contributed by atoms with Gasteiger partial charge < -0.3 is 14.7 Å². The van der Waals surface area contributed by atoms with E-state index >= 15 is 0 Å². The zero-order valence-corrected chi connectivity index (χ0v) is 8.33. The van der Waals surface area contributed by atoms with Gasteiger partial charge in [-0.05, 0) is 0 Å². The molecule has 0 unspecified atom stereocenters. The second-order valence-electron chi connectivity index (χ2n) is 3.08. The van der Waals surface area contributed by atoms with Crippen molar-refractivity contribution in [3.63, 3.8) is 0 Å². The van der Waals surface area contributed by atoms with E-state index in [1.54, 1.807) is 4.90 Å². The number of aliphatic hydroxyl groups excluding tert-OH is 1. The normalized spacial score (nSPS) is 28.1. The highest BCUT2D eigenvalue weighted by Gasteiger charge is 2.33. The Kier molecular flexibility index (Phi) is 3.96. The maximum absolute atomic E-state index is 11.3. The molecule has 1 heterocycles. The summed E-state index contributed by atoms with van der Waals surface area (Å²) < 4.78 is 5.01. The van der Waals surface area contributed by atoms with Gasteiger partial charge in [0.05, 0.1) is 6.10 Å². The van der Waals surface area contributed by atoms with Crippen molar-refractivity contribution in [2.75, 3.05) is 26.1 Å². The number of ether oxygens (including phenoxy) is 1. The first-order valence-electron chi connectivity index (χ1n) is 4.23. The Morgan fingerprint density at radius 3 is 2.85 bits per heavy atom. The van der Waals surface area contributed by atoms with Crippen LogP contribution in [0.5, 0.6) is 0 Å². The molecule has 0 radical (unpaired) electrons. The molecule has 1 aliphatic heterocycles. The zero-order chi connectivity index (χ0) is 9.84. The van der Waals surface area contributed by atoms with Gasteiger partial charge in [0.1, 0.15) is 6.10 Å². The number of carbonyl (C=O) groups excluding carboxylic acids is 1.